The molecule has 0 aromatic carbocycles. The molecule has 1 heterocycles. The van der Waals surface area contributed by atoms with Crippen LogP contribution in [0.1, 0.15) is 40.4 Å². The first kappa shape index (κ1) is 7.80. The first-order valence-corrected chi connectivity index (χ1v) is 4.97. The molecule has 0 saturated heterocycles. The Bertz CT molecular complexity index is 299. The number of hydrogen-bond donors (Lipinski definition) is 1. The summed E-state index contributed by atoms with van der Waals surface area (Å²) in [5.74, 6) is -0.241. The number of aromatic carboxylic acids is 1. The van der Waals surface area contributed by atoms with Gasteiger partial charge in [0.25, 0.3) is 0 Å². The van der Waals surface area contributed by atoms with E-state index in [-0.39, 0.29) is 0 Å². The zero-order valence-electron chi connectivity index (χ0n) is 6.62. The highest BCUT2D eigenvalue weighted by molar-refractivity contribution is 7.12. The highest BCUT2D eigenvalue weighted by Gasteiger charge is 2.25. The third-order valence-corrected chi connectivity index (χ3v) is 3.35. The molecule has 0 radical (unpaired) electrons. The maximum absolute atomic E-state index is 10.7. The van der Waals surface area contributed by atoms with Gasteiger partial charge in [0, 0.05) is 0 Å². The van der Waals surface area contributed by atoms with Crippen LogP contribution in [0.25, 0.3) is 0 Å². The van der Waals surface area contributed by atoms with E-state index in [1.54, 1.807) is 0 Å². The van der Waals surface area contributed by atoms with Crippen LogP contribution in [0.2, 0.25) is 0 Å². The minimum Gasteiger partial charge on any atom is -0.477 e. The Morgan fingerprint density at radius 1 is 1.58 bits per heavy atom. The lowest BCUT2D eigenvalue weighted by Gasteiger charge is -2.25. The molecule has 2 rings (SSSR count). The molecule has 0 spiro atoms. The van der Waals surface area contributed by atoms with Crippen molar-refractivity contribution in [3.8, 4) is 0 Å². The van der Waals surface area contributed by atoms with Gasteiger partial charge in [0.2, 0.25) is 0 Å². The van der Waals surface area contributed by atoms with E-state index < -0.39 is 5.97 Å². The zero-order chi connectivity index (χ0) is 8.55. The second-order valence-corrected chi connectivity index (χ2v) is 4.05. The molecule has 12 heavy (non-hydrogen) atoms. The molecule has 0 bridgehead atoms. The smallest absolute Gasteiger partial charge is 0.346 e. The molecule has 64 valence electrons. The number of rotatable bonds is 2. The van der Waals surface area contributed by atoms with Crippen LogP contribution in [0.15, 0.2) is 11.4 Å². The average Bonchev–Trinajstić information content (AvgIpc) is 2.31. The summed E-state index contributed by atoms with van der Waals surface area (Å²) in [6.07, 6.45) is 3.58. The fourth-order valence-corrected chi connectivity index (χ4v) is 2.36. The third kappa shape index (κ3) is 1.14. The van der Waals surface area contributed by atoms with Crippen molar-refractivity contribution in [3.63, 3.8) is 0 Å². The average molecular weight is 182 g/mol. The van der Waals surface area contributed by atoms with Gasteiger partial charge in [0.1, 0.15) is 4.88 Å². The van der Waals surface area contributed by atoms with Crippen molar-refractivity contribution < 1.29 is 9.90 Å². The lowest BCUT2D eigenvalue weighted by Crippen LogP contribution is -2.11. The first-order valence-electron chi connectivity index (χ1n) is 4.09. The van der Waals surface area contributed by atoms with Gasteiger partial charge in [-0.25, -0.2) is 4.79 Å². The van der Waals surface area contributed by atoms with E-state index in [1.807, 2.05) is 11.4 Å². The number of carbonyl (C=O) groups is 1. The third-order valence-electron chi connectivity index (χ3n) is 2.43. The minimum atomic E-state index is -0.771. The highest BCUT2D eigenvalue weighted by atomic mass is 32.1. The summed E-state index contributed by atoms with van der Waals surface area (Å²) >= 11 is 1.34. The van der Waals surface area contributed by atoms with Crippen molar-refractivity contribution >= 4 is 17.3 Å². The molecule has 0 aliphatic heterocycles. The fraction of sp³-hybridized carbons (Fsp3) is 0.444. The molecule has 0 atom stereocenters. The van der Waals surface area contributed by atoms with E-state index >= 15 is 0 Å². The summed E-state index contributed by atoms with van der Waals surface area (Å²) < 4.78 is 0. The van der Waals surface area contributed by atoms with E-state index in [9.17, 15) is 4.79 Å². The summed E-state index contributed by atoms with van der Waals surface area (Å²) in [5.41, 5.74) is 1.05. The Kier molecular flexibility index (Phi) is 1.89. The van der Waals surface area contributed by atoms with E-state index in [1.165, 1.54) is 17.8 Å². The topological polar surface area (TPSA) is 37.3 Å². The molecule has 1 aliphatic carbocycles. The van der Waals surface area contributed by atoms with Crippen LogP contribution in [-0.4, -0.2) is 11.1 Å². The van der Waals surface area contributed by atoms with Crippen LogP contribution in [0.4, 0.5) is 0 Å². The largest absolute Gasteiger partial charge is 0.477 e. The molecule has 1 aliphatic rings. The van der Waals surface area contributed by atoms with Gasteiger partial charge >= 0.3 is 5.97 Å². The van der Waals surface area contributed by atoms with Crippen molar-refractivity contribution in [1.82, 2.24) is 0 Å². The van der Waals surface area contributed by atoms with Crippen LogP contribution in [0.5, 0.6) is 0 Å². The monoisotopic (exact) mass is 182 g/mol. The lowest BCUT2D eigenvalue weighted by molar-refractivity contribution is 0.0700. The molecule has 0 amide bonds. The Labute approximate surface area is 74.8 Å². The number of thiophene rings is 1. The zero-order valence-corrected chi connectivity index (χ0v) is 7.43. The van der Waals surface area contributed by atoms with Gasteiger partial charge in [0.05, 0.1) is 0 Å². The van der Waals surface area contributed by atoms with Gasteiger partial charge in [-0.3, -0.25) is 0 Å². The van der Waals surface area contributed by atoms with Crippen molar-refractivity contribution in [2.75, 3.05) is 0 Å². The van der Waals surface area contributed by atoms with Crippen molar-refractivity contribution in [1.29, 1.82) is 0 Å². The maximum Gasteiger partial charge on any atom is 0.346 e. The van der Waals surface area contributed by atoms with Crippen LogP contribution < -0.4 is 0 Å². The van der Waals surface area contributed by atoms with Crippen LogP contribution >= 0.6 is 11.3 Å². The lowest BCUT2D eigenvalue weighted by atomic mass is 9.80. The Hall–Kier alpha value is -0.830. The number of hydrogen-bond acceptors (Lipinski definition) is 2. The number of carboxylic acid groups (broad SMARTS) is 1. The Morgan fingerprint density at radius 2 is 2.33 bits per heavy atom. The molecule has 0 unspecified atom stereocenters. The Morgan fingerprint density at radius 3 is 2.83 bits per heavy atom. The predicted molar refractivity (Wildman–Crippen MR) is 47.9 cm³/mol. The van der Waals surface area contributed by atoms with Crippen LogP contribution in [-0.2, 0) is 0 Å². The summed E-state index contributed by atoms with van der Waals surface area (Å²) in [7, 11) is 0. The number of carboxylic acids is 1. The molecule has 1 N–H and O–H groups in total. The van der Waals surface area contributed by atoms with Gasteiger partial charge in [-0.15, -0.1) is 11.3 Å². The van der Waals surface area contributed by atoms with Gasteiger partial charge in [-0.1, -0.05) is 6.42 Å². The molecule has 1 saturated carbocycles. The minimum absolute atomic E-state index is 0.530. The highest BCUT2D eigenvalue weighted by Crippen LogP contribution is 2.39. The first-order chi connectivity index (χ1) is 5.79. The Balaban J connectivity index is 2.29. The van der Waals surface area contributed by atoms with Crippen molar-refractivity contribution in [3.05, 3.63) is 21.9 Å². The quantitative estimate of drug-likeness (QED) is 0.763. The molecule has 1 aromatic heterocycles. The molecule has 1 fully saturated rings. The standard InChI is InChI=1S/C9H10O2S/c10-9(11)8-7(4-5-12-8)6-2-1-3-6/h4-6H,1-3H2,(H,10,11). The van der Waals surface area contributed by atoms with Gasteiger partial charge in [-0.2, -0.15) is 0 Å². The van der Waals surface area contributed by atoms with Crippen LogP contribution in [0, 0.1) is 0 Å². The molecular formula is C9H10O2S. The van der Waals surface area contributed by atoms with Crippen molar-refractivity contribution in [2.45, 2.75) is 25.2 Å². The van der Waals surface area contributed by atoms with E-state index in [4.69, 9.17) is 5.11 Å². The second-order valence-electron chi connectivity index (χ2n) is 3.14. The molecule has 2 nitrogen and oxygen atoms in total. The van der Waals surface area contributed by atoms with Crippen molar-refractivity contribution in [2.24, 2.45) is 0 Å². The molecular weight excluding hydrogens is 172 g/mol. The van der Waals surface area contributed by atoms with Crippen LogP contribution in [0.3, 0.4) is 0 Å². The van der Waals surface area contributed by atoms with Gasteiger partial charge in [-0.05, 0) is 35.8 Å². The van der Waals surface area contributed by atoms with E-state index in [0.29, 0.717) is 10.8 Å². The molecule has 1 aromatic rings. The SMILES string of the molecule is O=C(O)c1sccc1C1CCC1. The summed E-state index contributed by atoms with van der Waals surface area (Å²) in [4.78, 5) is 11.3. The normalized spacial score (nSPS) is 17.3. The van der Waals surface area contributed by atoms with E-state index in [2.05, 4.69) is 0 Å². The summed E-state index contributed by atoms with van der Waals surface area (Å²) in [6.45, 7) is 0. The summed E-state index contributed by atoms with van der Waals surface area (Å²) in [6, 6.07) is 1.96. The molecule has 3 heteroatoms. The van der Waals surface area contributed by atoms with Gasteiger partial charge in [0.15, 0.2) is 0 Å². The van der Waals surface area contributed by atoms with Gasteiger partial charge < -0.3 is 5.11 Å². The fourth-order valence-electron chi connectivity index (χ4n) is 1.53. The summed E-state index contributed by atoms with van der Waals surface area (Å²) in [5, 5.41) is 10.7. The maximum atomic E-state index is 10.7. The predicted octanol–water partition coefficient (Wildman–Crippen LogP) is 2.71. The van der Waals surface area contributed by atoms with E-state index in [0.717, 1.165) is 18.4 Å². The second kappa shape index (κ2) is 2.90.